The molecule has 1 aliphatic heterocycles. The summed E-state index contributed by atoms with van der Waals surface area (Å²) in [6, 6.07) is 3.78. The standard InChI is InChI=1S/C13H17NO5S2/c1-13(2)11(12(16)17)14(7-8-20-13)21(18,19)10-5-3-9(15)4-6-10/h3-6,11,15H,7-8H2,1-2H3,(H,16,17)/p-1/t11-/m0/s1. The van der Waals surface area contributed by atoms with Crippen molar-refractivity contribution in [2.45, 2.75) is 29.5 Å². The van der Waals surface area contributed by atoms with Crippen molar-refractivity contribution in [2.24, 2.45) is 0 Å². The largest absolute Gasteiger partial charge is 0.548 e. The molecule has 0 saturated carbocycles. The SMILES string of the molecule is CC1(C)SCCN(S(=O)(=O)c2ccc(O)cc2)[C@H]1C(=O)[O-]. The van der Waals surface area contributed by atoms with Gasteiger partial charge in [0.1, 0.15) is 5.75 Å². The highest BCUT2D eigenvalue weighted by atomic mass is 32.2. The molecule has 1 atom stereocenters. The molecule has 116 valence electrons. The highest BCUT2D eigenvalue weighted by molar-refractivity contribution is 8.00. The highest BCUT2D eigenvalue weighted by Gasteiger charge is 2.44. The summed E-state index contributed by atoms with van der Waals surface area (Å²) >= 11 is 1.41. The Balaban J connectivity index is 2.46. The van der Waals surface area contributed by atoms with Gasteiger partial charge in [-0.25, -0.2) is 8.42 Å². The molecule has 6 nitrogen and oxygen atoms in total. The number of phenolic OH excluding ortho intramolecular Hbond substituents is 1. The first kappa shape index (κ1) is 16.1. The number of phenols is 1. The van der Waals surface area contributed by atoms with E-state index in [4.69, 9.17) is 0 Å². The van der Waals surface area contributed by atoms with Crippen molar-refractivity contribution in [2.75, 3.05) is 12.3 Å². The Labute approximate surface area is 127 Å². The van der Waals surface area contributed by atoms with E-state index in [1.54, 1.807) is 13.8 Å². The summed E-state index contributed by atoms with van der Waals surface area (Å²) in [7, 11) is -3.96. The van der Waals surface area contributed by atoms with Gasteiger partial charge in [0.15, 0.2) is 0 Å². The van der Waals surface area contributed by atoms with E-state index in [0.29, 0.717) is 5.75 Å². The maximum absolute atomic E-state index is 12.6. The molecule has 21 heavy (non-hydrogen) atoms. The number of carbonyl (C=O) groups excluding carboxylic acids is 1. The summed E-state index contributed by atoms with van der Waals surface area (Å²) in [6.45, 7) is 3.49. The average molecular weight is 330 g/mol. The third-order valence-corrected chi connectivity index (χ3v) is 6.63. The van der Waals surface area contributed by atoms with E-state index >= 15 is 0 Å². The summed E-state index contributed by atoms with van der Waals surface area (Å²) in [6.07, 6.45) is 0. The molecular weight excluding hydrogens is 314 g/mol. The van der Waals surface area contributed by atoms with E-state index in [2.05, 4.69) is 0 Å². The lowest BCUT2D eigenvalue weighted by Gasteiger charge is -2.45. The van der Waals surface area contributed by atoms with Crippen LogP contribution in [0, 0.1) is 0 Å². The van der Waals surface area contributed by atoms with Crippen LogP contribution in [0.5, 0.6) is 5.75 Å². The van der Waals surface area contributed by atoms with Crippen molar-refractivity contribution in [1.29, 1.82) is 0 Å². The van der Waals surface area contributed by atoms with Crippen LogP contribution >= 0.6 is 11.8 Å². The van der Waals surface area contributed by atoms with Crippen LogP contribution in [-0.4, -0.2) is 46.9 Å². The number of thioether (sulfide) groups is 1. The number of carboxylic acid groups (broad SMARTS) is 1. The molecule has 0 aromatic heterocycles. The molecule has 1 saturated heterocycles. The number of carbonyl (C=O) groups is 1. The maximum atomic E-state index is 12.6. The lowest BCUT2D eigenvalue weighted by atomic mass is 10.0. The molecule has 0 bridgehead atoms. The zero-order valence-electron chi connectivity index (χ0n) is 11.6. The van der Waals surface area contributed by atoms with Gasteiger partial charge in [-0.05, 0) is 38.1 Å². The van der Waals surface area contributed by atoms with Gasteiger partial charge < -0.3 is 15.0 Å². The van der Waals surface area contributed by atoms with Crippen LogP contribution in [0.25, 0.3) is 0 Å². The van der Waals surface area contributed by atoms with Gasteiger partial charge in [-0.3, -0.25) is 0 Å². The molecule has 0 amide bonds. The van der Waals surface area contributed by atoms with E-state index in [1.165, 1.54) is 36.0 Å². The predicted octanol–water partition coefficient (Wildman–Crippen LogP) is 0.0268. The second-order valence-corrected chi connectivity index (χ2v) is 8.92. The molecule has 1 aliphatic rings. The normalized spacial score (nSPS) is 22.9. The predicted molar refractivity (Wildman–Crippen MR) is 77.3 cm³/mol. The van der Waals surface area contributed by atoms with Gasteiger partial charge >= 0.3 is 0 Å². The third kappa shape index (κ3) is 3.02. The molecule has 0 aliphatic carbocycles. The van der Waals surface area contributed by atoms with Gasteiger partial charge in [0.2, 0.25) is 10.0 Å². The van der Waals surface area contributed by atoms with Gasteiger partial charge in [0, 0.05) is 17.0 Å². The van der Waals surface area contributed by atoms with Crippen molar-refractivity contribution in [3.05, 3.63) is 24.3 Å². The second kappa shape index (κ2) is 5.51. The molecule has 1 heterocycles. The van der Waals surface area contributed by atoms with Crippen LogP contribution in [0.15, 0.2) is 29.2 Å². The van der Waals surface area contributed by atoms with Crippen molar-refractivity contribution in [1.82, 2.24) is 4.31 Å². The van der Waals surface area contributed by atoms with Crippen molar-refractivity contribution >= 4 is 27.8 Å². The molecule has 2 rings (SSSR count). The number of carboxylic acids is 1. The minimum Gasteiger partial charge on any atom is -0.548 e. The van der Waals surface area contributed by atoms with Crippen LogP contribution in [0.2, 0.25) is 0 Å². The number of hydrogen-bond donors (Lipinski definition) is 1. The summed E-state index contributed by atoms with van der Waals surface area (Å²) in [5.74, 6) is -0.955. The Morgan fingerprint density at radius 2 is 1.95 bits per heavy atom. The number of nitrogens with zero attached hydrogens (tertiary/aromatic N) is 1. The Morgan fingerprint density at radius 3 is 2.48 bits per heavy atom. The Kier molecular flexibility index (Phi) is 4.23. The molecule has 8 heteroatoms. The van der Waals surface area contributed by atoms with Crippen LogP contribution in [0.4, 0.5) is 0 Å². The number of aromatic hydroxyl groups is 1. The quantitative estimate of drug-likeness (QED) is 0.839. The summed E-state index contributed by atoms with van der Waals surface area (Å²) < 4.78 is 25.5. The molecule has 0 spiro atoms. The van der Waals surface area contributed by atoms with Gasteiger partial charge in [-0.2, -0.15) is 16.1 Å². The number of benzene rings is 1. The fourth-order valence-electron chi connectivity index (χ4n) is 2.37. The Bertz CT molecular complexity index is 639. The van der Waals surface area contributed by atoms with Gasteiger partial charge in [-0.15, -0.1) is 0 Å². The van der Waals surface area contributed by atoms with E-state index in [9.17, 15) is 23.4 Å². The van der Waals surface area contributed by atoms with Gasteiger partial charge in [0.05, 0.1) is 16.9 Å². The average Bonchev–Trinajstić information content (AvgIpc) is 2.37. The lowest BCUT2D eigenvalue weighted by molar-refractivity contribution is -0.311. The van der Waals surface area contributed by atoms with Crippen molar-refractivity contribution < 1.29 is 23.4 Å². The van der Waals surface area contributed by atoms with Crippen LogP contribution < -0.4 is 5.11 Å². The van der Waals surface area contributed by atoms with E-state index < -0.39 is 26.8 Å². The van der Waals surface area contributed by atoms with Gasteiger partial charge in [0.25, 0.3) is 0 Å². The number of sulfonamides is 1. The van der Waals surface area contributed by atoms with Crippen LogP contribution in [-0.2, 0) is 14.8 Å². The molecular formula is C13H16NO5S2-. The molecule has 1 fully saturated rings. The molecule has 1 aromatic carbocycles. The van der Waals surface area contributed by atoms with E-state index in [1.807, 2.05) is 0 Å². The number of rotatable bonds is 3. The topological polar surface area (TPSA) is 97.7 Å². The third-order valence-electron chi connectivity index (χ3n) is 3.40. The first-order valence-electron chi connectivity index (χ1n) is 6.32. The first-order valence-corrected chi connectivity index (χ1v) is 8.74. The lowest BCUT2D eigenvalue weighted by Crippen LogP contribution is -2.62. The van der Waals surface area contributed by atoms with E-state index in [0.717, 1.165) is 4.31 Å². The Hall–Kier alpha value is -1.25. The zero-order valence-corrected chi connectivity index (χ0v) is 13.3. The first-order chi connectivity index (χ1) is 9.66. The summed E-state index contributed by atoms with van der Waals surface area (Å²) in [4.78, 5) is 11.4. The minimum atomic E-state index is -3.96. The molecule has 1 aromatic rings. The van der Waals surface area contributed by atoms with E-state index in [-0.39, 0.29) is 17.2 Å². The highest BCUT2D eigenvalue weighted by Crippen LogP contribution is 2.38. The fraction of sp³-hybridized carbons (Fsp3) is 0.462. The molecule has 0 unspecified atom stereocenters. The number of aliphatic carboxylic acids is 1. The number of hydrogen-bond acceptors (Lipinski definition) is 6. The monoisotopic (exact) mass is 330 g/mol. The molecule has 0 radical (unpaired) electrons. The molecule has 1 N–H and O–H groups in total. The van der Waals surface area contributed by atoms with Crippen molar-refractivity contribution in [3.8, 4) is 5.75 Å². The van der Waals surface area contributed by atoms with Crippen molar-refractivity contribution in [3.63, 3.8) is 0 Å². The fourth-order valence-corrected chi connectivity index (χ4v) is 5.45. The maximum Gasteiger partial charge on any atom is 0.243 e. The zero-order chi connectivity index (χ0) is 15.8. The summed E-state index contributed by atoms with van der Waals surface area (Å²) in [5.41, 5.74) is 0. The Morgan fingerprint density at radius 1 is 1.38 bits per heavy atom. The van der Waals surface area contributed by atoms with Gasteiger partial charge in [-0.1, -0.05) is 0 Å². The second-order valence-electron chi connectivity index (χ2n) is 5.28. The van der Waals surface area contributed by atoms with Crippen LogP contribution in [0.1, 0.15) is 13.8 Å². The van der Waals surface area contributed by atoms with Crippen LogP contribution in [0.3, 0.4) is 0 Å². The minimum absolute atomic E-state index is 0.0470. The summed E-state index contributed by atoms with van der Waals surface area (Å²) in [5, 5.41) is 20.7. The smallest absolute Gasteiger partial charge is 0.243 e.